The molecule has 0 bridgehead atoms. The van der Waals surface area contributed by atoms with Crippen molar-refractivity contribution >= 4 is 5.57 Å². The van der Waals surface area contributed by atoms with Gasteiger partial charge in [-0.2, -0.15) is 0 Å². The van der Waals surface area contributed by atoms with Crippen molar-refractivity contribution in [2.24, 2.45) is 5.92 Å². The molecule has 0 atom stereocenters. The molecule has 1 aromatic carbocycles. The van der Waals surface area contributed by atoms with Gasteiger partial charge in [0.05, 0.1) is 0 Å². The van der Waals surface area contributed by atoms with Gasteiger partial charge in [0.25, 0.3) is 0 Å². The van der Waals surface area contributed by atoms with Crippen LogP contribution in [0.3, 0.4) is 0 Å². The minimum Gasteiger partial charge on any atom is -0.306 e. The molecule has 98 valence electrons. The average Bonchev–Trinajstić information content (AvgIpc) is 2.38. The minimum absolute atomic E-state index is 0.675. The summed E-state index contributed by atoms with van der Waals surface area (Å²) in [5, 5.41) is 0. The van der Waals surface area contributed by atoms with Crippen LogP contribution in [0.5, 0.6) is 0 Å². The number of hydrogen-bond donors (Lipinski definition) is 0. The highest BCUT2D eigenvalue weighted by Gasteiger charge is 2.21. The molecule has 0 aromatic heterocycles. The van der Waals surface area contributed by atoms with Gasteiger partial charge < -0.3 is 4.90 Å². The van der Waals surface area contributed by atoms with Gasteiger partial charge >= 0.3 is 0 Å². The van der Waals surface area contributed by atoms with Crippen LogP contribution in [0, 0.1) is 12.8 Å². The third-order valence-electron chi connectivity index (χ3n) is 4.20. The Morgan fingerprint density at radius 3 is 2.61 bits per heavy atom. The largest absolute Gasteiger partial charge is 0.306 e. The number of likely N-dealkylation sites (tertiary alicyclic amines) is 1. The first-order valence-corrected chi connectivity index (χ1v) is 7.09. The molecule has 0 N–H and O–H groups in total. The molecule has 0 spiro atoms. The Hall–Kier alpha value is -1.08. The minimum atomic E-state index is 0.675. The fourth-order valence-corrected chi connectivity index (χ4v) is 2.91. The molecular weight excluding hydrogens is 218 g/mol. The summed E-state index contributed by atoms with van der Waals surface area (Å²) in [6.45, 7) is 11.2. The van der Waals surface area contributed by atoms with Crippen molar-refractivity contribution in [1.29, 1.82) is 0 Å². The summed E-state index contributed by atoms with van der Waals surface area (Å²) >= 11 is 0. The molecular formula is C17H25N. The normalized spacial score (nSPS) is 17.9. The van der Waals surface area contributed by atoms with E-state index in [0.717, 1.165) is 6.42 Å². The van der Waals surface area contributed by atoms with Crippen molar-refractivity contribution in [2.45, 2.75) is 33.1 Å². The third-order valence-corrected chi connectivity index (χ3v) is 4.20. The second kappa shape index (κ2) is 5.71. The number of rotatable bonds is 3. The smallest absolute Gasteiger partial charge is 0.00159 e. The second-order valence-electron chi connectivity index (χ2n) is 5.62. The standard InChI is InChI=1S/C17H25N/c1-5-15-12-13(2)6-7-17(15)14(3)16-8-10-18(4)11-9-16/h6-7,12,16H,3,5,8-11H2,1-2,4H3. The number of nitrogens with zero attached hydrogens (tertiary/aromatic N) is 1. The summed E-state index contributed by atoms with van der Waals surface area (Å²) in [7, 11) is 2.21. The molecule has 1 fully saturated rings. The first-order chi connectivity index (χ1) is 8.61. The van der Waals surface area contributed by atoms with Crippen LogP contribution in [0.4, 0.5) is 0 Å². The van der Waals surface area contributed by atoms with Gasteiger partial charge in [0.2, 0.25) is 0 Å². The Morgan fingerprint density at radius 1 is 1.33 bits per heavy atom. The fraction of sp³-hybridized carbons (Fsp3) is 0.529. The molecule has 1 aliphatic rings. The summed E-state index contributed by atoms with van der Waals surface area (Å²) in [6, 6.07) is 6.80. The van der Waals surface area contributed by atoms with Crippen LogP contribution in [0.2, 0.25) is 0 Å². The molecule has 1 nitrogen and oxygen atoms in total. The van der Waals surface area contributed by atoms with Crippen molar-refractivity contribution in [3.63, 3.8) is 0 Å². The molecule has 1 heteroatoms. The van der Waals surface area contributed by atoms with Gasteiger partial charge in [0, 0.05) is 0 Å². The maximum Gasteiger partial charge on any atom is -0.00159 e. The maximum absolute atomic E-state index is 4.39. The first kappa shape index (κ1) is 13.4. The van der Waals surface area contributed by atoms with Crippen molar-refractivity contribution in [1.82, 2.24) is 4.90 Å². The molecule has 0 aliphatic carbocycles. The second-order valence-corrected chi connectivity index (χ2v) is 5.62. The first-order valence-electron chi connectivity index (χ1n) is 7.09. The molecule has 18 heavy (non-hydrogen) atoms. The van der Waals surface area contributed by atoms with E-state index in [-0.39, 0.29) is 0 Å². The molecule has 0 saturated carbocycles. The molecule has 0 radical (unpaired) electrons. The van der Waals surface area contributed by atoms with Gasteiger partial charge in [0.1, 0.15) is 0 Å². The van der Waals surface area contributed by atoms with Gasteiger partial charge in [-0.25, -0.2) is 0 Å². The van der Waals surface area contributed by atoms with Crippen LogP contribution in [0.1, 0.15) is 36.5 Å². The Kier molecular flexibility index (Phi) is 4.23. The van der Waals surface area contributed by atoms with E-state index >= 15 is 0 Å². The summed E-state index contributed by atoms with van der Waals surface area (Å²) in [6.07, 6.45) is 3.61. The quantitative estimate of drug-likeness (QED) is 0.778. The van der Waals surface area contributed by atoms with E-state index in [1.54, 1.807) is 0 Å². The lowest BCUT2D eigenvalue weighted by Gasteiger charge is -2.31. The third kappa shape index (κ3) is 2.84. The summed E-state index contributed by atoms with van der Waals surface area (Å²) in [5.41, 5.74) is 5.57. The van der Waals surface area contributed by atoms with Crippen LogP contribution in [-0.4, -0.2) is 25.0 Å². The lowest BCUT2D eigenvalue weighted by Crippen LogP contribution is -2.30. The molecule has 1 saturated heterocycles. The number of hydrogen-bond acceptors (Lipinski definition) is 1. The molecule has 1 aliphatic heterocycles. The van der Waals surface area contributed by atoms with Gasteiger partial charge in [-0.15, -0.1) is 0 Å². The predicted octanol–water partition coefficient (Wildman–Crippen LogP) is 3.91. The van der Waals surface area contributed by atoms with Gasteiger partial charge in [-0.05, 0) is 68.9 Å². The van der Waals surface area contributed by atoms with E-state index < -0.39 is 0 Å². The van der Waals surface area contributed by atoms with Crippen molar-refractivity contribution in [3.05, 3.63) is 41.5 Å². The summed E-state index contributed by atoms with van der Waals surface area (Å²) in [4.78, 5) is 2.42. The van der Waals surface area contributed by atoms with Gasteiger partial charge in [-0.3, -0.25) is 0 Å². The number of benzene rings is 1. The maximum atomic E-state index is 4.39. The van der Waals surface area contributed by atoms with E-state index in [4.69, 9.17) is 0 Å². The van der Waals surface area contributed by atoms with Crippen LogP contribution in [-0.2, 0) is 6.42 Å². The van der Waals surface area contributed by atoms with E-state index in [1.807, 2.05) is 0 Å². The van der Waals surface area contributed by atoms with Crippen molar-refractivity contribution in [3.8, 4) is 0 Å². The Labute approximate surface area is 112 Å². The molecule has 1 heterocycles. The van der Waals surface area contributed by atoms with Gasteiger partial charge in [0.15, 0.2) is 0 Å². The lowest BCUT2D eigenvalue weighted by atomic mass is 9.84. The van der Waals surface area contributed by atoms with Crippen molar-refractivity contribution < 1.29 is 0 Å². The van der Waals surface area contributed by atoms with Gasteiger partial charge in [-0.1, -0.05) is 37.3 Å². The summed E-state index contributed by atoms with van der Waals surface area (Å²) < 4.78 is 0. The lowest BCUT2D eigenvalue weighted by molar-refractivity contribution is 0.248. The Balaban J connectivity index is 2.18. The molecule has 0 unspecified atom stereocenters. The SMILES string of the molecule is C=C(c1ccc(C)cc1CC)C1CCN(C)CC1. The van der Waals surface area contributed by atoms with Crippen molar-refractivity contribution in [2.75, 3.05) is 20.1 Å². The van der Waals surface area contributed by atoms with Crippen LogP contribution < -0.4 is 0 Å². The Morgan fingerprint density at radius 2 is 2.00 bits per heavy atom. The van der Waals surface area contributed by atoms with Crippen LogP contribution in [0.15, 0.2) is 24.8 Å². The monoisotopic (exact) mass is 243 g/mol. The van der Waals surface area contributed by atoms with Crippen LogP contribution in [0.25, 0.3) is 5.57 Å². The highest BCUT2D eigenvalue weighted by molar-refractivity contribution is 5.68. The van der Waals surface area contributed by atoms with E-state index in [2.05, 4.69) is 50.6 Å². The molecule has 0 amide bonds. The molecule has 2 rings (SSSR count). The highest BCUT2D eigenvalue weighted by Crippen LogP contribution is 2.32. The topological polar surface area (TPSA) is 3.24 Å². The van der Waals surface area contributed by atoms with E-state index in [1.165, 1.54) is 48.2 Å². The molecule has 1 aromatic rings. The average molecular weight is 243 g/mol. The van der Waals surface area contributed by atoms with E-state index in [9.17, 15) is 0 Å². The zero-order chi connectivity index (χ0) is 13.1. The van der Waals surface area contributed by atoms with E-state index in [0.29, 0.717) is 5.92 Å². The number of allylic oxidation sites excluding steroid dienone is 1. The zero-order valence-corrected chi connectivity index (χ0v) is 12.0. The summed E-state index contributed by atoms with van der Waals surface area (Å²) in [5.74, 6) is 0.675. The number of piperidine rings is 1. The highest BCUT2D eigenvalue weighted by atomic mass is 15.1. The Bertz CT molecular complexity index is 425. The fourth-order valence-electron chi connectivity index (χ4n) is 2.91. The zero-order valence-electron chi connectivity index (χ0n) is 12.0. The number of aryl methyl sites for hydroxylation is 2. The van der Waals surface area contributed by atoms with Crippen LogP contribution >= 0.6 is 0 Å². The predicted molar refractivity (Wildman–Crippen MR) is 79.8 cm³/mol.